The van der Waals surface area contributed by atoms with Crippen LogP contribution in [0.2, 0.25) is 0 Å². The fraction of sp³-hybridized carbons (Fsp3) is 0.350. The van der Waals surface area contributed by atoms with Gasteiger partial charge in [-0.3, -0.25) is 4.90 Å². The van der Waals surface area contributed by atoms with Gasteiger partial charge in [-0.2, -0.15) is 0 Å². The maximum absolute atomic E-state index is 4.88. The second-order valence-electron chi connectivity index (χ2n) is 7.31. The van der Waals surface area contributed by atoms with Crippen LogP contribution in [0.3, 0.4) is 0 Å². The highest BCUT2D eigenvalue weighted by molar-refractivity contribution is 7.19. The van der Waals surface area contributed by atoms with E-state index in [9.17, 15) is 0 Å². The van der Waals surface area contributed by atoms with Crippen molar-refractivity contribution in [1.29, 1.82) is 0 Å². The van der Waals surface area contributed by atoms with Crippen LogP contribution in [0.1, 0.15) is 29.9 Å². The molecular formula is C20H21N5S. The van der Waals surface area contributed by atoms with Crippen molar-refractivity contribution in [2.75, 3.05) is 6.54 Å². The largest absolute Gasteiger partial charge is 0.296 e. The Balaban J connectivity index is 1.67. The van der Waals surface area contributed by atoms with Crippen molar-refractivity contribution >= 4 is 27.2 Å². The molecule has 0 bridgehead atoms. The molecule has 0 spiro atoms. The van der Waals surface area contributed by atoms with Crippen LogP contribution in [0.4, 0.5) is 0 Å². The Labute approximate surface area is 156 Å². The third-order valence-corrected chi connectivity index (χ3v) is 6.37. The highest BCUT2D eigenvalue weighted by Crippen LogP contribution is 2.36. The first-order valence-electron chi connectivity index (χ1n) is 9.07. The molecule has 0 saturated carbocycles. The van der Waals surface area contributed by atoms with Crippen molar-refractivity contribution in [3.8, 4) is 11.4 Å². The standard InChI is InChI=1S/C20H21N5S/c1-12(2)24-9-8-15-16(10-24)26-20-17(15)19-22-18(23-25(19)11-21-20)14-6-4-13(3)5-7-14/h4-7,11-12H,8-10H2,1-3H3. The molecule has 4 aromatic rings. The topological polar surface area (TPSA) is 46.3 Å². The highest BCUT2D eigenvalue weighted by atomic mass is 32.1. The Morgan fingerprint density at radius 1 is 1.15 bits per heavy atom. The van der Waals surface area contributed by atoms with Gasteiger partial charge in [0.15, 0.2) is 11.5 Å². The smallest absolute Gasteiger partial charge is 0.182 e. The third-order valence-electron chi connectivity index (χ3n) is 5.25. The summed E-state index contributed by atoms with van der Waals surface area (Å²) in [6.07, 6.45) is 2.85. The number of thiophene rings is 1. The molecule has 0 atom stereocenters. The number of hydrogen-bond acceptors (Lipinski definition) is 5. The molecule has 1 aliphatic heterocycles. The van der Waals surface area contributed by atoms with Gasteiger partial charge in [-0.25, -0.2) is 14.5 Å². The molecule has 26 heavy (non-hydrogen) atoms. The first kappa shape index (κ1) is 15.9. The van der Waals surface area contributed by atoms with Gasteiger partial charge in [0.25, 0.3) is 0 Å². The Kier molecular flexibility index (Phi) is 3.58. The van der Waals surface area contributed by atoms with Crippen LogP contribution in [-0.4, -0.2) is 37.1 Å². The molecular weight excluding hydrogens is 342 g/mol. The third kappa shape index (κ3) is 2.44. The Hall–Kier alpha value is -2.31. The predicted molar refractivity (Wildman–Crippen MR) is 106 cm³/mol. The van der Waals surface area contributed by atoms with Crippen LogP contribution in [-0.2, 0) is 13.0 Å². The first-order valence-corrected chi connectivity index (χ1v) is 9.88. The zero-order valence-electron chi connectivity index (χ0n) is 15.2. The molecule has 0 amide bonds. The summed E-state index contributed by atoms with van der Waals surface area (Å²) in [6.45, 7) is 8.73. The minimum atomic E-state index is 0.572. The summed E-state index contributed by atoms with van der Waals surface area (Å²) < 4.78 is 1.83. The van der Waals surface area contributed by atoms with Crippen LogP contribution >= 0.6 is 11.3 Å². The quantitative estimate of drug-likeness (QED) is 0.538. The molecule has 0 unspecified atom stereocenters. The van der Waals surface area contributed by atoms with Crippen molar-refractivity contribution in [1.82, 2.24) is 24.5 Å². The summed E-state index contributed by atoms with van der Waals surface area (Å²) in [4.78, 5) is 14.6. The number of hydrogen-bond donors (Lipinski definition) is 0. The maximum Gasteiger partial charge on any atom is 0.182 e. The minimum absolute atomic E-state index is 0.572. The van der Waals surface area contributed by atoms with Gasteiger partial charge >= 0.3 is 0 Å². The number of rotatable bonds is 2. The van der Waals surface area contributed by atoms with Crippen molar-refractivity contribution < 1.29 is 0 Å². The summed E-state index contributed by atoms with van der Waals surface area (Å²) >= 11 is 1.81. The molecule has 0 radical (unpaired) electrons. The number of benzene rings is 1. The average molecular weight is 363 g/mol. The molecule has 3 aromatic heterocycles. The van der Waals surface area contributed by atoms with Gasteiger partial charge in [-0.05, 0) is 32.8 Å². The van der Waals surface area contributed by atoms with Gasteiger partial charge in [-0.15, -0.1) is 16.4 Å². The Bertz CT molecular complexity index is 1110. The summed E-state index contributed by atoms with van der Waals surface area (Å²) in [6, 6.07) is 8.93. The molecule has 0 fully saturated rings. The summed E-state index contributed by atoms with van der Waals surface area (Å²) in [5, 5.41) is 5.87. The Morgan fingerprint density at radius 2 is 1.96 bits per heavy atom. The van der Waals surface area contributed by atoms with E-state index in [1.165, 1.54) is 21.4 Å². The van der Waals surface area contributed by atoms with E-state index in [4.69, 9.17) is 4.98 Å². The summed E-state index contributed by atoms with van der Waals surface area (Å²) in [5.41, 5.74) is 4.63. The van der Waals surface area contributed by atoms with Crippen molar-refractivity contribution in [3.63, 3.8) is 0 Å². The second-order valence-corrected chi connectivity index (χ2v) is 8.40. The molecule has 0 N–H and O–H groups in total. The van der Waals surface area contributed by atoms with E-state index in [0.29, 0.717) is 6.04 Å². The van der Waals surface area contributed by atoms with E-state index in [-0.39, 0.29) is 0 Å². The van der Waals surface area contributed by atoms with Crippen molar-refractivity contribution in [3.05, 3.63) is 46.6 Å². The molecule has 5 nitrogen and oxygen atoms in total. The fourth-order valence-electron chi connectivity index (χ4n) is 3.68. The summed E-state index contributed by atoms with van der Waals surface area (Å²) in [5.74, 6) is 0.763. The number of aryl methyl sites for hydroxylation is 1. The van der Waals surface area contributed by atoms with Crippen LogP contribution in [0.15, 0.2) is 30.6 Å². The molecule has 6 heteroatoms. The van der Waals surface area contributed by atoms with Crippen LogP contribution in [0, 0.1) is 6.92 Å². The van der Waals surface area contributed by atoms with Gasteiger partial charge in [0.1, 0.15) is 11.2 Å². The first-order chi connectivity index (χ1) is 12.6. The van der Waals surface area contributed by atoms with Crippen molar-refractivity contribution in [2.45, 2.75) is 39.8 Å². The van der Waals surface area contributed by atoms with E-state index in [1.54, 1.807) is 6.33 Å². The fourth-order valence-corrected chi connectivity index (χ4v) is 4.88. The van der Waals surface area contributed by atoms with Crippen LogP contribution < -0.4 is 0 Å². The summed E-state index contributed by atoms with van der Waals surface area (Å²) in [7, 11) is 0. The lowest BCUT2D eigenvalue weighted by atomic mass is 10.0. The monoisotopic (exact) mass is 363 g/mol. The molecule has 1 aromatic carbocycles. The lowest BCUT2D eigenvalue weighted by Gasteiger charge is -2.30. The van der Waals surface area contributed by atoms with E-state index < -0.39 is 0 Å². The van der Waals surface area contributed by atoms with Crippen LogP contribution in [0.5, 0.6) is 0 Å². The van der Waals surface area contributed by atoms with Gasteiger partial charge in [0.2, 0.25) is 0 Å². The molecule has 0 aliphatic carbocycles. The number of nitrogens with zero attached hydrogens (tertiary/aromatic N) is 5. The van der Waals surface area contributed by atoms with Gasteiger partial charge in [0, 0.05) is 29.6 Å². The lowest BCUT2D eigenvalue weighted by Crippen LogP contribution is -2.35. The zero-order chi connectivity index (χ0) is 17.8. The number of fused-ring (bicyclic) bond motifs is 5. The maximum atomic E-state index is 4.88. The molecule has 5 rings (SSSR count). The second kappa shape index (κ2) is 5.86. The molecule has 4 heterocycles. The lowest BCUT2D eigenvalue weighted by molar-refractivity contribution is 0.206. The zero-order valence-corrected chi connectivity index (χ0v) is 16.0. The normalized spacial score (nSPS) is 15.2. The highest BCUT2D eigenvalue weighted by Gasteiger charge is 2.25. The van der Waals surface area contributed by atoms with E-state index >= 15 is 0 Å². The predicted octanol–water partition coefficient (Wildman–Crippen LogP) is 4.08. The van der Waals surface area contributed by atoms with E-state index in [0.717, 1.165) is 41.4 Å². The molecule has 1 aliphatic rings. The van der Waals surface area contributed by atoms with E-state index in [2.05, 4.69) is 60.0 Å². The van der Waals surface area contributed by atoms with Gasteiger partial charge in [0.05, 0.1) is 5.39 Å². The minimum Gasteiger partial charge on any atom is -0.296 e. The molecule has 132 valence electrons. The van der Waals surface area contributed by atoms with Crippen LogP contribution in [0.25, 0.3) is 27.3 Å². The Morgan fingerprint density at radius 3 is 2.73 bits per heavy atom. The van der Waals surface area contributed by atoms with Gasteiger partial charge < -0.3 is 0 Å². The van der Waals surface area contributed by atoms with E-state index in [1.807, 2.05) is 15.9 Å². The number of aromatic nitrogens is 4. The molecule has 0 saturated heterocycles. The van der Waals surface area contributed by atoms with Crippen molar-refractivity contribution in [2.24, 2.45) is 0 Å². The average Bonchev–Trinajstić information content (AvgIpc) is 3.22. The van der Waals surface area contributed by atoms with Gasteiger partial charge in [-0.1, -0.05) is 29.8 Å². The SMILES string of the molecule is Cc1ccc(-c2nc3c4c5c(sc4ncn3n2)CN(C(C)C)CC5)cc1.